The number of carbonyl (C=O) groups is 1. The van der Waals surface area contributed by atoms with Gasteiger partial charge >= 0.3 is 6.09 Å². The lowest BCUT2D eigenvalue weighted by atomic mass is 10.4. The zero-order valence-corrected chi connectivity index (χ0v) is 9.91. The predicted octanol–water partition coefficient (Wildman–Crippen LogP) is -0.909. The van der Waals surface area contributed by atoms with E-state index in [1.165, 1.54) is 18.0 Å². The van der Waals surface area contributed by atoms with E-state index >= 15 is 0 Å². The molecule has 2 aliphatic heterocycles. The van der Waals surface area contributed by atoms with Gasteiger partial charge in [0.05, 0.1) is 0 Å². The minimum atomic E-state index is -0.809. The first-order valence-corrected chi connectivity index (χ1v) is 5.78. The van der Waals surface area contributed by atoms with Gasteiger partial charge in [0.25, 0.3) is 0 Å². The Morgan fingerprint density at radius 1 is 1.00 bits per heavy atom. The summed E-state index contributed by atoms with van der Waals surface area (Å²) < 4.78 is 0. The second kappa shape index (κ2) is 7.43. The highest BCUT2D eigenvalue weighted by molar-refractivity contribution is 5.65. The van der Waals surface area contributed by atoms with Crippen LogP contribution in [0.1, 0.15) is 0 Å². The number of nitrogens with zero attached hydrogens (tertiary/aromatic N) is 2. The van der Waals surface area contributed by atoms with Gasteiger partial charge in [0, 0.05) is 52.4 Å². The summed E-state index contributed by atoms with van der Waals surface area (Å²) >= 11 is 0. The van der Waals surface area contributed by atoms with E-state index in [0.29, 0.717) is 13.1 Å². The van der Waals surface area contributed by atoms with E-state index in [-0.39, 0.29) is 0 Å². The largest absolute Gasteiger partial charge is 0.465 e. The molecule has 3 N–H and O–H groups in total. The summed E-state index contributed by atoms with van der Waals surface area (Å²) in [6.07, 6.45) is -0.809. The average molecular weight is 230 g/mol. The maximum absolute atomic E-state index is 10.3. The Morgan fingerprint density at radius 2 is 1.44 bits per heavy atom. The molecule has 2 aliphatic rings. The minimum absolute atomic E-state index is 0.620. The molecular weight excluding hydrogens is 208 g/mol. The summed E-state index contributed by atoms with van der Waals surface area (Å²) in [7, 11) is 2.15. The highest BCUT2D eigenvalue weighted by atomic mass is 16.4. The zero-order chi connectivity index (χ0) is 11.8. The third kappa shape index (κ3) is 5.29. The minimum Gasteiger partial charge on any atom is -0.465 e. The second-order valence-electron chi connectivity index (χ2n) is 4.07. The molecule has 0 aromatic carbocycles. The van der Waals surface area contributed by atoms with Gasteiger partial charge < -0.3 is 25.5 Å². The second-order valence-corrected chi connectivity index (χ2v) is 4.07. The Kier molecular flexibility index (Phi) is 6.14. The number of hydrogen-bond acceptors (Lipinski definition) is 4. The molecule has 0 aliphatic carbocycles. The molecule has 0 unspecified atom stereocenters. The number of hydrogen-bond donors (Lipinski definition) is 3. The summed E-state index contributed by atoms with van der Waals surface area (Å²) in [6.45, 7) is 7.55. The molecule has 0 spiro atoms. The van der Waals surface area contributed by atoms with Crippen LogP contribution in [0.3, 0.4) is 0 Å². The van der Waals surface area contributed by atoms with E-state index in [1.807, 2.05) is 0 Å². The van der Waals surface area contributed by atoms with Crippen molar-refractivity contribution in [3.05, 3.63) is 0 Å². The smallest absolute Gasteiger partial charge is 0.407 e. The topological polar surface area (TPSA) is 67.8 Å². The van der Waals surface area contributed by atoms with E-state index in [9.17, 15) is 4.79 Å². The van der Waals surface area contributed by atoms with Crippen LogP contribution in [0.5, 0.6) is 0 Å². The highest BCUT2D eigenvalue weighted by Crippen LogP contribution is 1.90. The van der Waals surface area contributed by atoms with Crippen LogP contribution in [0.2, 0.25) is 0 Å². The molecule has 0 bridgehead atoms. The van der Waals surface area contributed by atoms with Crippen molar-refractivity contribution in [3.63, 3.8) is 0 Å². The Balaban J connectivity index is 0.000000165. The van der Waals surface area contributed by atoms with Crippen LogP contribution in [-0.2, 0) is 0 Å². The fraction of sp³-hybridized carbons (Fsp3) is 0.900. The van der Waals surface area contributed by atoms with Crippen LogP contribution in [-0.4, -0.2) is 80.4 Å². The quantitative estimate of drug-likeness (QED) is 0.503. The van der Waals surface area contributed by atoms with E-state index in [0.717, 1.165) is 26.2 Å². The lowest BCUT2D eigenvalue weighted by Gasteiger charge is -2.23. The van der Waals surface area contributed by atoms with E-state index in [4.69, 9.17) is 5.11 Å². The Bertz CT molecular complexity index is 201. The van der Waals surface area contributed by atoms with E-state index in [1.54, 1.807) is 0 Å². The molecule has 2 saturated heterocycles. The molecule has 0 radical (unpaired) electrons. The first-order chi connectivity index (χ1) is 7.70. The fourth-order valence-corrected chi connectivity index (χ4v) is 1.63. The van der Waals surface area contributed by atoms with Gasteiger partial charge in [-0.05, 0) is 7.05 Å². The molecule has 0 atom stereocenters. The van der Waals surface area contributed by atoms with Gasteiger partial charge in [-0.25, -0.2) is 4.79 Å². The molecule has 2 fully saturated rings. The summed E-state index contributed by atoms with van der Waals surface area (Å²) in [5.41, 5.74) is 0. The van der Waals surface area contributed by atoms with Crippen molar-refractivity contribution in [1.29, 1.82) is 0 Å². The monoisotopic (exact) mass is 230 g/mol. The van der Waals surface area contributed by atoms with Crippen molar-refractivity contribution >= 4 is 6.09 Å². The molecular formula is C10H22N4O2. The van der Waals surface area contributed by atoms with Gasteiger partial charge in [0.15, 0.2) is 0 Å². The molecule has 2 rings (SSSR count). The van der Waals surface area contributed by atoms with Crippen LogP contribution in [0, 0.1) is 0 Å². The molecule has 0 aromatic heterocycles. The van der Waals surface area contributed by atoms with Gasteiger partial charge in [-0.15, -0.1) is 0 Å². The Labute approximate surface area is 96.6 Å². The van der Waals surface area contributed by atoms with Gasteiger partial charge in [-0.1, -0.05) is 0 Å². The lowest BCUT2D eigenvalue weighted by Crippen LogP contribution is -2.45. The van der Waals surface area contributed by atoms with Gasteiger partial charge in [-0.3, -0.25) is 0 Å². The lowest BCUT2D eigenvalue weighted by molar-refractivity contribution is 0.139. The number of amides is 1. The first-order valence-electron chi connectivity index (χ1n) is 5.78. The van der Waals surface area contributed by atoms with Crippen LogP contribution in [0.25, 0.3) is 0 Å². The Morgan fingerprint density at radius 3 is 1.69 bits per heavy atom. The molecule has 2 heterocycles. The van der Waals surface area contributed by atoms with Gasteiger partial charge in [0.2, 0.25) is 0 Å². The summed E-state index contributed by atoms with van der Waals surface area (Å²) in [4.78, 5) is 14.0. The van der Waals surface area contributed by atoms with Crippen molar-refractivity contribution in [2.45, 2.75) is 0 Å². The number of likely N-dealkylation sites (N-methyl/N-ethyl adjacent to an activating group) is 1. The van der Waals surface area contributed by atoms with Crippen molar-refractivity contribution in [3.8, 4) is 0 Å². The zero-order valence-electron chi connectivity index (χ0n) is 9.91. The maximum Gasteiger partial charge on any atom is 0.407 e. The van der Waals surface area contributed by atoms with E-state index < -0.39 is 6.09 Å². The number of piperazine rings is 2. The molecule has 0 aromatic rings. The highest BCUT2D eigenvalue weighted by Gasteiger charge is 2.13. The molecule has 6 nitrogen and oxygen atoms in total. The van der Waals surface area contributed by atoms with Crippen molar-refractivity contribution in [2.75, 3.05) is 59.4 Å². The molecule has 94 valence electrons. The van der Waals surface area contributed by atoms with Crippen LogP contribution in [0.15, 0.2) is 0 Å². The van der Waals surface area contributed by atoms with Crippen molar-refractivity contribution in [2.24, 2.45) is 0 Å². The third-order valence-electron chi connectivity index (χ3n) is 2.73. The third-order valence-corrected chi connectivity index (χ3v) is 2.73. The average Bonchev–Trinajstić information content (AvgIpc) is 2.32. The van der Waals surface area contributed by atoms with Gasteiger partial charge in [-0.2, -0.15) is 0 Å². The first kappa shape index (κ1) is 13.2. The molecule has 6 heteroatoms. The van der Waals surface area contributed by atoms with Crippen LogP contribution < -0.4 is 10.6 Å². The van der Waals surface area contributed by atoms with Crippen LogP contribution in [0.4, 0.5) is 4.79 Å². The SMILES string of the molecule is CN1CCNCC1.O=C(O)N1CCNCC1. The number of carboxylic acid groups (broad SMARTS) is 1. The van der Waals surface area contributed by atoms with Crippen molar-refractivity contribution in [1.82, 2.24) is 20.4 Å². The van der Waals surface area contributed by atoms with Crippen LogP contribution >= 0.6 is 0 Å². The maximum atomic E-state index is 10.3. The molecule has 16 heavy (non-hydrogen) atoms. The summed E-state index contributed by atoms with van der Waals surface area (Å²) in [5.74, 6) is 0. The molecule has 1 amide bonds. The standard InChI is InChI=1S/C5H10N2O2.C5H12N2/c8-5(9)7-3-1-6-2-4-7;1-7-4-2-6-3-5-7/h6H,1-4H2,(H,8,9);6H,2-5H2,1H3. The fourth-order valence-electron chi connectivity index (χ4n) is 1.63. The summed E-state index contributed by atoms with van der Waals surface area (Å²) in [5, 5.41) is 14.8. The van der Waals surface area contributed by atoms with Gasteiger partial charge in [0.1, 0.15) is 0 Å². The number of nitrogens with one attached hydrogen (secondary N) is 2. The Hall–Kier alpha value is -0.850. The molecule has 0 saturated carbocycles. The van der Waals surface area contributed by atoms with Crippen molar-refractivity contribution < 1.29 is 9.90 Å². The number of rotatable bonds is 0. The normalized spacial score (nSPS) is 22.2. The van der Waals surface area contributed by atoms with E-state index in [2.05, 4.69) is 22.6 Å². The summed E-state index contributed by atoms with van der Waals surface area (Å²) in [6, 6.07) is 0. The predicted molar refractivity (Wildman–Crippen MR) is 62.8 cm³/mol.